The second-order valence-electron chi connectivity index (χ2n) is 4.76. The Balaban J connectivity index is 2.01. The molecule has 0 bridgehead atoms. The van der Waals surface area contributed by atoms with Crippen molar-refractivity contribution >= 4 is 5.91 Å². The second-order valence-corrected chi connectivity index (χ2v) is 4.76. The van der Waals surface area contributed by atoms with Crippen LogP contribution in [0.5, 0.6) is 0 Å². The van der Waals surface area contributed by atoms with Crippen LogP contribution in [0, 0.1) is 0 Å². The van der Waals surface area contributed by atoms with Crippen LogP contribution in [-0.2, 0) is 4.79 Å². The molecule has 100 valence electrons. The van der Waals surface area contributed by atoms with Crippen molar-refractivity contribution in [2.45, 2.75) is 45.6 Å². The van der Waals surface area contributed by atoms with Crippen LogP contribution in [0.25, 0.3) is 0 Å². The van der Waals surface area contributed by atoms with Gasteiger partial charge in [-0.1, -0.05) is 13.8 Å². The topological polar surface area (TPSA) is 44.4 Å². The van der Waals surface area contributed by atoms with Gasteiger partial charge in [-0.3, -0.25) is 4.79 Å². The molecule has 0 unspecified atom stereocenters. The van der Waals surface area contributed by atoms with E-state index in [0.29, 0.717) is 12.5 Å². The predicted molar refractivity (Wildman–Crippen MR) is 71.1 cm³/mol. The molecule has 0 radical (unpaired) electrons. The smallest absolute Gasteiger partial charge is 0.221 e. The number of amides is 1. The molecule has 1 rings (SSSR count). The largest absolute Gasteiger partial charge is 0.356 e. The van der Waals surface area contributed by atoms with E-state index < -0.39 is 0 Å². The zero-order chi connectivity index (χ0) is 12.5. The lowest BCUT2D eigenvalue weighted by molar-refractivity contribution is -0.121. The molecule has 0 aromatic carbocycles. The Morgan fingerprint density at radius 2 is 1.94 bits per heavy atom. The van der Waals surface area contributed by atoms with E-state index in [2.05, 4.69) is 29.4 Å². The number of piperidine rings is 1. The third-order valence-electron chi connectivity index (χ3n) is 3.39. The maximum Gasteiger partial charge on any atom is 0.221 e. The highest BCUT2D eigenvalue weighted by Gasteiger charge is 2.17. The molecule has 1 amide bonds. The number of hydrogen-bond donors (Lipinski definition) is 2. The molecule has 4 nitrogen and oxygen atoms in total. The molecule has 0 aromatic rings. The Bertz CT molecular complexity index is 213. The number of carbonyl (C=O) groups excluding carboxylic acids is 1. The van der Waals surface area contributed by atoms with Crippen molar-refractivity contribution < 1.29 is 4.79 Å². The van der Waals surface area contributed by atoms with Crippen LogP contribution in [0.2, 0.25) is 0 Å². The maximum absolute atomic E-state index is 11.4. The first-order chi connectivity index (χ1) is 8.26. The SMILES string of the molecule is CCCNC(=O)CCNC1CCN(CC)CC1. The van der Waals surface area contributed by atoms with E-state index in [1.165, 1.54) is 25.9 Å². The molecule has 1 aliphatic rings. The first-order valence-corrected chi connectivity index (χ1v) is 6.98. The Morgan fingerprint density at radius 1 is 1.24 bits per heavy atom. The van der Waals surface area contributed by atoms with Gasteiger partial charge in [-0.2, -0.15) is 0 Å². The van der Waals surface area contributed by atoms with Crippen LogP contribution in [0.3, 0.4) is 0 Å². The summed E-state index contributed by atoms with van der Waals surface area (Å²) in [6.07, 6.45) is 4.04. The molecule has 1 aliphatic heterocycles. The number of hydrogen-bond acceptors (Lipinski definition) is 3. The zero-order valence-electron chi connectivity index (χ0n) is 11.3. The lowest BCUT2D eigenvalue weighted by atomic mass is 10.1. The minimum Gasteiger partial charge on any atom is -0.356 e. The molecule has 0 aliphatic carbocycles. The van der Waals surface area contributed by atoms with E-state index in [-0.39, 0.29) is 5.91 Å². The minimum atomic E-state index is 0.172. The lowest BCUT2D eigenvalue weighted by Gasteiger charge is -2.31. The summed E-state index contributed by atoms with van der Waals surface area (Å²) >= 11 is 0. The molecule has 0 spiro atoms. The van der Waals surface area contributed by atoms with Crippen LogP contribution in [-0.4, -0.2) is 49.6 Å². The summed E-state index contributed by atoms with van der Waals surface area (Å²) in [7, 11) is 0. The molecule has 2 N–H and O–H groups in total. The van der Waals surface area contributed by atoms with Crippen LogP contribution in [0.1, 0.15) is 39.5 Å². The lowest BCUT2D eigenvalue weighted by Crippen LogP contribution is -2.43. The van der Waals surface area contributed by atoms with Gasteiger partial charge in [0.2, 0.25) is 5.91 Å². The van der Waals surface area contributed by atoms with Crippen LogP contribution in [0.4, 0.5) is 0 Å². The van der Waals surface area contributed by atoms with Gasteiger partial charge in [0.1, 0.15) is 0 Å². The van der Waals surface area contributed by atoms with Crippen molar-refractivity contribution in [2.24, 2.45) is 0 Å². The van der Waals surface area contributed by atoms with Gasteiger partial charge in [0, 0.05) is 25.6 Å². The van der Waals surface area contributed by atoms with Gasteiger partial charge in [0.25, 0.3) is 0 Å². The summed E-state index contributed by atoms with van der Waals surface area (Å²) in [5.74, 6) is 0.172. The first-order valence-electron chi connectivity index (χ1n) is 6.98. The molecule has 1 saturated heterocycles. The molecular weight excluding hydrogens is 214 g/mol. The highest BCUT2D eigenvalue weighted by atomic mass is 16.1. The summed E-state index contributed by atoms with van der Waals surface area (Å²) in [4.78, 5) is 13.9. The minimum absolute atomic E-state index is 0.172. The summed E-state index contributed by atoms with van der Waals surface area (Å²) in [5.41, 5.74) is 0. The third-order valence-corrected chi connectivity index (χ3v) is 3.39. The molecular formula is C13H27N3O. The Kier molecular flexibility index (Phi) is 7.21. The van der Waals surface area contributed by atoms with E-state index in [1.54, 1.807) is 0 Å². The predicted octanol–water partition coefficient (Wildman–Crippen LogP) is 0.977. The van der Waals surface area contributed by atoms with Gasteiger partial charge in [-0.05, 0) is 38.9 Å². The van der Waals surface area contributed by atoms with Gasteiger partial charge >= 0.3 is 0 Å². The molecule has 1 fully saturated rings. The number of likely N-dealkylation sites (tertiary alicyclic amines) is 1. The molecule has 17 heavy (non-hydrogen) atoms. The van der Waals surface area contributed by atoms with Gasteiger partial charge in [-0.15, -0.1) is 0 Å². The molecule has 0 atom stereocenters. The second kappa shape index (κ2) is 8.48. The number of nitrogens with one attached hydrogen (secondary N) is 2. The van der Waals surface area contributed by atoms with Crippen molar-refractivity contribution in [3.8, 4) is 0 Å². The summed E-state index contributed by atoms with van der Waals surface area (Å²) in [6, 6.07) is 0.608. The fraction of sp³-hybridized carbons (Fsp3) is 0.923. The Morgan fingerprint density at radius 3 is 2.53 bits per heavy atom. The van der Waals surface area contributed by atoms with Crippen molar-refractivity contribution in [3.63, 3.8) is 0 Å². The standard InChI is InChI=1S/C13H27N3O/c1-3-8-15-13(17)5-9-14-12-6-10-16(4-2)11-7-12/h12,14H,3-11H2,1-2H3,(H,15,17). The average molecular weight is 241 g/mol. The fourth-order valence-corrected chi connectivity index (χ4v) is 2.20. The average Bonchev–Trinajstić information content (AvgIpc) is 2.37. The van der Waals surface area contributed by atoms with E-state index in [1.807, 2.05) is 0 Å². The molecule has 0 aromatic heterocycles. The number of nitrogens with zero attached hydrogens (tertiary/aromatic N) is 1. The van der Waals surface area contributed by atoms with Gasteiger partial charge in [0.15, 0.2) is 0 Å². The van der Waals surface area contributed by atoms with Crippen LogP contribution < -0.4 is 10.6 Å². The van der Waals surface area contributed by atoms with Crippen LogP contribution >= 0.6 is 0 Å². The summed E-state index contributed by atoms with van der Waals surface area (Å²) in [5, 5.41) is 6.39. The number of carbonyl (C=O) groups is 1. The number of rotatable bonds is 7. The van der Waals surface area contributed by atoms with Gasteiger partial charge < -0.3 is 15.5 Å². The highest BCUT2D eigenvalue weighted by Crippen LogP contribution is 2.09. The van der Waals surface area contributed by atoms with Crippen molar-refractivity contribution in [2.75, 3.05) is 32.7 Å². The van der Waals surface area contributed by atoms with E-state index in [4.69, 9.17) is 0 Å². The van der Waals surface area contributed by atoms with Crippen molar-refractivity contribution in [1.29, 1.82) is 0 Å². The van der Waals surface area contributed by atoms with Crippen molar-refractivity contribution in [3.05, 3.63) is 0 Å². The first kappa shape index (κ1) is 14.5. The summed E-state index contributed by atoms with van der Waals surface area (Å²) in [6.45, 7) is 9.43. The Hall–Kier alpha value is -0.610. The molecule has 4 heteroatoms. The van der Waals surface area contributed by atoms with Crippen LogP contribution in [0.15, 0.2) is 0 Å². The monoisotopic (exact) mass is 241 g/mol. The van der Waals surface area contributed by atoms with Gasteiger partial charge in [-0.25, -0.2) is 0 Å². The third kappa shape index (κ3) is 6.03. The maximum atomic E-state index is 11.4. The van der Waals surface area contributed by atoms with Crippen molar-refractivity contribution in [1.82, 2.24) is 15.5 Å². The van der Waals surface area contributed by atoms with Gasteiger partial charge in [0.05, 0.1) is 0 Å². The van der Waals surface area contributed by atoms with E-state index in [0.717, 1.165) is 26.1 Å². The zero-order valence-corrected chi connectivity index (χ0v) is 11.3. The van der Waals surface area contributed by atoms with E-state index >= 15 is 0 Å². The van der Waals surface area contributed by atoms with E-state index in [9.17, 15) is 4.79 Å². The highest BCUT2D eigenvalue weighted by molar-refractivity contribution is 5.75. The quantitative estimate of drug-likeness (QED) is 0.698. The molecule has 0 saturated carbocycles. The normalized spacial score (nSPS) is 18.2. The Labute approximate surface area is 105 Å². The summed E-state index contributed by atoms with van der Waals surface area (Å²) < 4.78 is 0. The fourth-order valence-electron chi connectivity index (χ4n) is 2.20. The molecule has 1 heterocycles.